The van der Waals surface area contributed by atoms with Crippen LogP contribution >= 0.6 is 0 Å². The van der Waals surface area contributed by atoms with E-state index in [1.807, 2.05) is 0 Å². The summed E-state index contributed by atoms with van der Waals surface area (Å²) in [5, 5.41) is 0. The number of rotatable bonds is 6. The summed E-state index contributed by atoms with van der Waals surface area (Å²) in [6.07, 6.45) is 2.72. The van der Waals surface area contributed by atoms with E-state index in [0.717, 1.165) is 51.0 Å². The van der Waals surface area contributed by atoms with Gasteiger partial charge in [0.05, 0.1) is 26.4 Å². The van der Waals surface area contributed by atoms with Gasteiger partial charge in [-0.3, -0.25) is 0 Å². The molecule has 1 aromatic rings. The lowest BCUT2D eigenvalue weighted by Gasteiger charge is -2.32. The van der Waals surface area contributed by atoms with Crippen LogP contribution in [0.1, 0.15) is 44.5 Å². The van der Waals surface area contributed by atoms with Gasteiger partial charge in [-0.1, -0.05) is 13.3 Å². The minimum atomic E-state index is -1.49. The summed E-state index contributed by atoms with van der Waals surface area (Å²) in [5.74, 6) is -3.35. The second-order valence-electron chi connectivity index (χ2n) is 6.99. The van der Waals surface area contributed by atoms with E-state index in [1.54, 1.807) is 0 Å². The van der Waals surface area contributed by atoms with Gasteiger partial charge in [0.1, 0.15) is 0 Å². The van der Waals surface area contributed by atoms with Crippen molar-refractivity contribution in [2.45, 2.75) is 45.2 Å². The first-order chi connectivity index (χ1) is 12.6. The molecule has 7 heteroatoms. The summed E-state index contributed by atoms with van der Waals surface area (Å²) >= 11 is 0. The maximum Gasteiger partial charge on any atom is 0.194 e. The molecule has 26 heavy (non-hydrogen) atoms. The van der Waals surface area contributed by atoms with Gasteiger partial charge in [-0.25, -0.2) is 13.2 Å². The molecule has 0 aliphatic carbocycles. The van der Waals surface area contributed by atoms with Crippen LogP contribution in [0.2, 0.25) is 0 Å². The molecular weight excluding hydrogens is 349 g/mol. The number of ether oxygens (including phenoxy) is 4. The van der Waals surface area contributed by atoms with Crippen LogP contribution in [-0.4, -0.2) is 32.7 Å². The van der Waals surface area contributed by atoms with Gasteiger partial charge >= 0.3 is 0 Å². The summed E-state index contributed by atoms with van der Waals surface area (Å²) in [6.45, 7) is 4.42. The van der Waals surface area contributed by atoms with Gasteiger partial charge in [-0.15, -0.1) is 0 Å². The Kier molecular flexibility index (Phi) is 6.92. The predicted octanol–water partition coefficient (Wildman–Crippen LogP) is 4.33. The monoisotopic (exact) mass is 374 g/mol. The lowest BCUT2D eigenvalue weighted by Crippen LogP contribution is -2.33. The highest BCUT2D eigenvalue weighted by Crippen LogP contribution is 2.29. The molecular formula is C19H25F3O4. The summed E-state index contributed by atoms with van der Waals surface area (Å²) in [7, 11) is 0. The van der Waals surface area contributed by atoms with Crippen molar-refractivity contribution in [3.8, 4) is 0 Å². The molecule has 0 unspecified atom stereocenters. The fourth-order valence-corrected chi connectivity index (χ4v) is 3.31. The maximum atomic E-state index is 13.3. The summed E-state index contributed by atoms with van der Waals surface area (Å²) in [5.41, 5.74) is 0.140. The lowest BCUT2D eigenvalue weighted by molar-refractivity contribution is -0.220. The Bertz CT molecular complexity index is 559. The zero-order valence-electron chi connectivity index (χ0n) is 14.9. The molecule has 2 aliphatic rings. The first kappa shape index (κ1) is 19.6. The highest BCUT2D eigenvalue weighted by atomic mass is 19.2. The minimum absolute atomic E-state index is 0.140. The van der Waals surface area contributed by atoms with E-state index in [1.165, 1.54) is 0 Å². The third-order valence-corrected chi connectivity index (χ3v) is 4.79. The molecule has 2 fully saturated rings. The highest BCUT2D eigenvalue weighted by Gasteiger charge is 2.27. The Morgan fingerprint density at radius 3 is 1.92 bits per heavy atom. The van der Waals surface area contributed by atoms with Crippen molar-refractivity contribution in [3.05, 3.63) is 35.1 Å². The summed E-state index contributed by atoms with van der Waals surface area (Å²) < 4.78 is 62.3. The van der Waals surface area contributed by atoms with Crippen molar-refractivity contribution in [2.24, 2.45) is 11.8 Å². The average molecular weight is 374 g/mol. The van der Waals surface area contributed by atoms with Crippen LogP contribution < -0.4 is 0 Å². The van der Waals surface area contributed by atoms with Gasteiger partial charge in [0.15, 0.2) is 30.0 Å². The second kappa shape index (κ2) is 9.17. The second-order valence-corrected chi connectivity index (χ2v) is 6.99. The molecule has 0 spiro atoms. The van der Waals surface area contributed by atoms with Gasteiger partial charge in [0.2, 0.25) is 0 Å². The highest BCUT2D eigenvalue weighted by molar-refractivity contribution is 5.20. The fourth-order valence-electron chi connectivity index (χ4n) is 3.31. The van der Waals surface area contributed by atoms with Crippen LogP contribution in [0.25, 0.3) is 0 Å². The third kappa shape index (κ3) is 4.97. The molecule has 0 saturated carbocycles. The fraction of sp³-hybridized carbons (Fsp3) is 0.684. The molecule has 0 bridgehead atoms. The van der Waals surface area contributed by atoms with Gasteiger partial charge < -0.3 is 18.9 Å². The van der Waals surface area contributed by atoms with E-state index in [-0.39, 0.29) is 17.8 Å². The predicted molar refractivity (Wildman–Crippen MR) is 87.8 cm³/mol. The van der Waals surface area contributed by atoms with Gasteiger partial charge in [-0.05, 0) is 31.4 Å². The molecule has 1 aromatic carbocycles. The Balaban J connectivity index is 1.40. The molecule has 2 aliphatic heterocycles. The molecule has 0 radical (unpaired) electrons. The normalized spacial score (nSPS) is 29.7. The number of hydrogen-bond acceptors (Lipinski definition) is 4. The first-order valence-electron chi connectivity index (χ1n) is 9.17. The molecule has 4 nitrogen and oxygen atoms in total. The third-order valence-electron chi connectivity index (χ3n) is 4.79. The van der Waals surface area contributed by atoms with Crippen LogP contribution in [0, 0.1) is 29.3 Å². The van der Waals surface area contributed by atoms with Crippen molar-refractivity contribution < 1.29 is 32.1 Å². The van der Waals surface area contributed by atoms with E-state index >= 15 is 0 Å². The van der Waals surface area contributed by atoms with E-state index in [2.05, 4.69) is 6.92 Å². The van der Waals surface area contributed by atoms with Crippen LogP contribution in [0.15, 0.2) is 12.1 Å². The number of benzene rings is 1. The molecule has 3 rings (SSSR count). The summed E-state index contributed by atoms with van der Waals surface area (Å²) in [4.78, 5) is 0. The van der Waals surface area contributed by atoms with Gasteiger partial charge in [-0.2, -0.15) is 0 Å². The quantitative estimate of drug-likeness (QED) is 0.695. The van der Waals surface area contributed by atoms with Crippen LogP contribution in [0.3, 0.4) is 0 Å². The first-order valence-corrected chi connectivity index (χ1v) is 9.17. The SMILES string of the molecule is CCCC1COC(CCC2COC(c3cc(F)c(F)c(F)c3)OC2)OC1. The Labute approximate surface area is 151 Å². The Morgan fingerprint density at radius 1 is 0.808 bits per heavy atom. The van der Waals surface area contributed by atoms with E-state index in [9.17, 15) is 13.2 Å². The summed E-state index contributed by atoms with van der Waals surface area (Å²) in [6, 6.07) is 1.81. The van der Waals surface area contributed by atoms with Gasteiger partial charge in [0, 0.05) is 17.4 Å². The van der Waals surface area contributed by atoms with Gasteiger partial charge in [0.25, 0.3) is 0 Å². The topological polar surface area (TPSA) is 36.9 Å². The number of hydrogen-bond donors (Lipinski definition) is 0. The van der Waals surface area contributed by atoms with E-state index < -0.39 is 23.7 Å². The molecule has 0 N–H and O–H groups in total. The molecule has 2 heterocycles. The Morgan fingerprint density at radius 2 is 1.35 bits per heavy atom. The zero-order valence-corrected chi connectivity index (χ0v) is 14.9. The van der Waals surface area contributed by atoms with Crippen molar-refractivity contribution in [3.63, 3.8) is 0 Å². The molecule has 146 valence electrons. The van der Waals surface area contributed by atoms with Crippen molar-refractivity contribution in [1.29, 1.82) is 0 Å². The van der Waals surface area contributed by atoms with Crippen LogP contribution in [0.5, 0.6) is 0 Å². The van der Waals surface area contributed by atoms with Crippen LogP contribution in [0.4, 0.5) is 13.2 Å². The molecule has 0 aromatic heterocycles. The lowest BCUT2D eigenvalue weighted by atomic mass is 10.0. The molecule has 0 atom stereocenters. The standard InChI is InChI=1S/C19H25F3O4/c1-2-3-12-8-23-17(24-9-12)5-4-13-10-25-19(26-11-13)14-6-15(20)18(22)16(21)7-14/h6-7,12-13,17,19H,2-5,8-11H2,1H3. The minimum Gasteiger partial charge on any atom is -0.352 e. The molecule has 2 saturated heterocycles. The smallest absolute Gasteiger partial charge is 0.194 e. The number of halogens is 3. The van der Waals surface area contributed by atoms with Crippen molar-refractivity contribution >= 4 is 0 Å². The van der Waals surface area contributed by atoms with E-state index in [0.29, 0.717) is 19.1 Å². The van der Waals surface area contributed by atoms with E-state index in [4.69, 9.17) is 18.9 Å². The van der Waals surface area contributed by atoms with Crippen molar-refractivity contribution in [1.82, 2.24) is 0 Å². The van der Waals surface area contributed by atoms with Crippen LogP contribution in [-0.2, 0) is 18.9 Å². The largest absolute Gasteiger partial charge is 0.352 e. The molecule has 0 amide bonds. The van der Waals surface area contributed by atoms with Crippen molar-refractivity contribution in [2.75, 3.05) is 26.4 Å². The average Bonchev–Trinajstić information content (AvgIpc) is 2.66. The maximum absolute atomic E-state index is 13.3. The zero-order chi connectivity index (χ0) is 18.5. The Hall–Kier alpha value is -1.15.